The molecule has 3 atom stereocenters. The van der Waals surface area contributed by atoms with Gasteiger partial charge in [-0.3, -0.25) is 0 Å². The van der Waals surface area contributed by atoms with Gasteiger partial charge in [0.25, 0.3) is 0 Å². The van der Waals surface area contributed by atoms with Gasteiger partial charge in [-0.2, -0.15) is 0 Å². The molecule has 0 aromatic rings. The summed E-state index contributed by atoms with van der Waals surface area (Å²) in [4.78, 5) is 0. The lowest BCUT2D eigenvalue weighted by Crippen LogP contribution is -2.33. The number of allylic oxidation sites excluding steroid dienone is 1. The summed E-state index contributed by atoms with van der Waals surface area (Å²) < 4.78 is 0. The van der Waals surface area contributed by atoms with E-state index in [4.69, 9.17) is 0 Å². The Morgan fingerprint density at radius 1 is 1.25 bits per heavy atom. The predicted octanol–water partition coefficient (Wildman–Crippen LogP) is 4.00. The standard InChI is InChI=1S/C15H29N/c1-4-7-13-9-10-15(12-16-6-3)14(11-13)8-5-2/h5,13-16H,2,4,6-12H2,1,3H3. The van der Waals surface area contributed by atoms with Crippen LogP contribution in [0.1, 0.15) is 52.4 Å². The molecule has 0 heterocycles. The molecule has 0 amide bonds. The lowest BCUT2D eigenvalue weighted by molar-refractivity contribution is 0.170. The maximum Gasteiger partial charge on any atom is -0.00179 e. The summed E-state index contributed by atoms with van der Waals surface area (Å²) in [5, 5.41) is 3.52. The van der Waals surface area contributed by atoms with E-state index >= 15 is 0 Å². The molecule has 0 aromatic heterocycles. The third-order valence-corrected chi connectivity index (χ3v) is 4.07. The Morgan fingerprint density at radius 3 is 2.69 bits per heavy atom. The van der Waals surface area contributed by atoms with E-state index in [9.17, 15) is 0 Å². The van der Waals surface area contributed by atoms with Crippen LogP contribution in [0.25, 0.3) is 0 Å². The maximum absolute atomic E-state index is 3.92. The Kier molecular flexibility index (Phi) is 6.79. The van der Waals surface area contributed by atoms with Crippen LogP contribution in [0, 0.1) is 17.8 Å². The van der Waals surface area contributed by atoms with Crippen LogP contribution in [0.5, 0.6) is 0 Å². The zero-order chi connectivity index (χ0) is 11.8. The number of hydrogen-bond donors (Lipinski definition) is 1. The quantitative estimate of drug-likeness (QED) is 0.643. The van der Waals surface area contributed by atoms with Gasteiger partial charge in [0.05, 0.1) is 0 Å². The lowest BCUT2D eigenvalue weighted by Gasteiger charge is -2.36. The first-order valence-electron chi connectivity index (χ1n) is 7.13. The third kappa shape index (κ3) is 4.29. The van der Waals surface area contributed by atoms with Crippen molar-refractivity contribution in [1.29, 1.82) is 0 Å². The van der Waals surface area contributed by atoms with Gasteiger partial charge in [-0.05, 0) is 50.1 Å². The zero-order valence-electron chi connectivity index (χ0n) is 11.2. The number of rotatable bonds is 7. The molecule has 1 saturated carbocycles. The van der Waals surface area contributed by atoms with Crippen LogP contribution in [0.15, 0.2) is 12.7 Å². The topological polar surface area (TPSA) is 12.0 Å². The summed E-state index contributed by atoms with van der Waals surface area (Å²) >= 11 is 0. The Balaban J connectivity index is 2.42. The average molecular weight is 223 g/mol. The lowest BCUT2D eigenvalue weighted by atomic mass is 9.71. The van der Waals surface area contributed by atoms with Gasteiger partial charge in [0.1, 0.15) is 0 Å². The molecule has 0 aliphatic heterocycles. The summed E-state index contributed by atoms with van der Waals surface area (Å²) in [6, 6.07) is 0. The normalized spacial score (nSPS) is 30.2. The van der Waals surface area contributed by atoms with Crippen molar-refractivity contribution < 1.29 is 0 Å². The molecule has 1 aliphatic carbocycles. The molecule has 1 nitrogen and oxygen atoms in total. The second-order valence-corrected chi connectivity index (χ2v) is 5.32. The minimum absolute atomic E-state index is 0.891. The monoisotopic (exact) mass is 223 g/mol. The maximum atomic E-state index is 3.92. The molecule has 16 heavy (non-hydrogen) atoms. The smallest absolute Gasteiger partial charge is 0.00179 e. The molecule has 0 saturated heterocycles. The number of nitrogens with one attached hydrogen (secondary N) is 1. The first-order chi connectivity index (χ1) is 7.81. The molecule has 0 spiro atoms. The first kappa shape index (κ1) is 13.8. The Bertz CT molecular complexity index is 188. The van der Waals surface area contributed by atoms with E-state index in [2.05, 4.69) is 31.8 Å². The van der Waals surface area contributed by atoms with E-state index in [0.29, 0.717) is 0 Å². The molecule has 0 radical (unpaired) electrons. The summed E-state index contributed by atoms with van der Waals surface area (Å²) in [6.07, 6.45) is 10.4. The highest BCUT2D eigenvalue weighted by Gasteiger charge is 2.28. The second kappa shape index (κ2) is 7.89. The summed E-state index contributed by atoms with van der Waals surface area (Å²) in [6.45, 7) is 10.8. The second-order valence-electron chi connectivity index (χ2n) is 5.32. The molecule has 3 unspecified atom stereocenters. The summed E-state index contributed by atoms with van der Waals surface area (Å²) in [5.41, 5.74) is 0. The van der Waals surface area contributed by atoms with E-state index in [1.165, 1.54) is 45.1 Å². The molecular weight excluding hydrogens is 194 g/mol. The Hall–Kier alpha value is -0.300. The zero-order valence-corrected chi connectivity index (χ0v) is 11.2. The van der Waals surface area contributed by atoms with Crippen molar-refractivity contribution in [3.8, 4) is 0 Å². The Labute approximate surface area is 102 Å². The molecule has 1 N–H and O–H groups in total. The molecule has 1 fully saturated rings. The Morgan fingerprint density at radius 2 is 2.06 bits per heavy atom. The van der Waals surface area contributed by atoms with Crippen molar-refractivity contribution in [3.05, 3.63) is 12.7 Å². The minimum Gasteiger partial charge on any atom is -0.317 e. The average Bonchev–Trinajstić information content (AvgIpc) is 2.29. The van der Waals surface area contributed by atoms with Crippen molar-refractivity contribution >= 4 is 0 Å². The highest BCUT2D eigenvalue weighted by Crippen LogP contribution is 2.37. The van der Waals surface area contributed by atoms with Crippen molar-refractivity contribution in [2.45, 2.75) is 52.4 Å². The molecular formula is C15H29N. The fourth-order valence-electron chi connectivity index (χ4n) is 3.20. The van der Waals surface area contributed by atoms with Crippen LogP contribution < -0.4 is 5.32 Å². The predicted molar refractivity (Wildman–Crippen MR) is 72.6 cm³/mol. The minimum atomic E-state index is 0.891. The van der Waals surface area contributed by atoms with Gasteiger partial charge in [0, 0.05) is 0 Å². The van der Waals surface area contributed by atoms with Gasteiger partial charge >= 0.3 is 0 Å². The van der Waals surface area contributed by atoms with Gasteiger partial charge in [-0.15, -0.1) is 6.58 Å². The van der Waals surface area contributed by atoms with E-state index in [0.717, 1.165) is 24.3 Å². The fourth-order valence-corrected chi connectivity index (χ4v) is 3.20. The van der Waals surface area contributed by atoms with Crippen LogP contribution in [-0.4, -0.2) is 13.1 Å². The van der Waals surface area contributed by atoms with Crippen LogP contribution in [0.3, 0.4) is 0 Å². The van der Waals surface area contributed by atoms with Crippen molar-refractivity contribution in [3.63, 3.8) is 0 Å². The van der Waals surface area contributed by atoms with Crippen molar-refractivity contribution in [2.75, 3.05) is 13.1 Å². The van der Waals surface area contributed by atoms with Gasteiger partial charge in [-0.25, -0.2) is 0 Å². The fraction of sp³-hybridized carbons (Fsp3) is 0.867. The summed E-state index contributed by atoms with van der Waals surface area (Å²) in [5.74, 6) is 2.78. The molecule has 1 aliphatic rings. The van der Waals surface area contributed by atoms with Gasteiger partial charge in [0.15, 0.2) is 0 Å². The van der Waals surface area contributed by atoms with Crippen LogP contribution in [0.4, 0.5) is 0 Å². The SMILES string of the molecule is C=CCC1CC(CCC)CCC1CNCC. The van der Waals surface area contributed by atoms with E-state index in [-0.39, 0.29) is 0 Å². The highest BCUT2D eigenvalue weighted by molar-refractivity contribution is 4.85. The van der Waals surface area contributed by atoms with Crippen LogP contribution >= 0.6 is 0 Å². The molecule has 94 valence electrons. The van der Waals surface area contributed by atoms with Gasteiger partial charge < -0.3 is 5.32 Å². The largest absolute Gasteiger partial charge is 0.317 e. The van der Waals surface area contributed by atoms with Gasteiger partial charge in [0.2, 0.25) is 0 Å². The summed E-state index contributed by atoms with van der Waals surface area (Å²) in [7, 11) is 0. The highest BCUT2D eigenvalue weighted by atomic mass is 14.8. The van der Waals surface area contributed by atoms with Crippen LogP contribution in [-0.2, 0) is 0 Å². The molecule has 1 heteroatoms. The third-order valence-electron chi connectivity index (χ3n) is 4.07. The first-order valence-corrected chi connectivity index (χ1v) is 7.13. The van der Waals surface area contributed by atoms with Crippen molar-refractivity contribution in [1.82, 2.24) is 5.32 Å². The van der Waals surface area contributed by atoms with E-state index in [1.54, 1.807) is 0 Å². The van der Waals surface area contributed by atoms with E-state index in [1.807, 2.05) is 0 Å². The molecule has 0 aromatic carbocycles. The van der Waals surface area contributed by atoms with Gasteiger partial charge in [-0.1, -0.05) is 39.2 Å². The molecule has 0 bridgehead atoms. The van der Waals surface area contributed by atoms with E-state index < -0.39 is 0 Å². The molecule has 1 rings (SSSR count). The van der Waals surface area contributed by atoms with Crippen molar-refractivity contribution in [2.24, 2.45) is 17.8 Å². The van der Waals surface area contributed by atoms with Crippen LogP contribution in [0.2, 0.25) is 0 Å². The number of hydrogen-bond acceptors (Lipinski definition) is 1.